The molecule has 2 N–H and O–H groups in total. The van der Waals surface area contributed by atoms with Crippen molar-refractivity contribution in [3.05, 3.63) is 28.6 Å². The molecule has 0 saturated heterocycles. The van der Waals surface area contributed by atoms with Crippen LogP contribution >= 0.6 is 0 Å². The standard InChI is InChI=1S/C11H14F2N2O2/c1-3-17-11(16)7-4-8(10(12)13)9(5-14)15-6(7)2/h4,10H,3,5,14H2,1-2H3. The van der Waals surface area contributed by atoms with Crippen LogP contribution in [0.5, 0.6) is 0 Å². The first-order valence-electron chi connectivity index (χ1n) is 5.17. The third kappa shape index (κ3) is 2.97. The highest BCUT2D eigenvalue weighted by Gasteiger charge is 2.20. The highest BCUT2D eigenvalue weighted by atomic mass is 19.3. The fourth-order valence-corrected chi connectivity index (χ4v) is 1.44. The lowest BCUT2D eigenvalue weighted by Gasteiger charge is -2.11. The van der Waals surface area contributed by atoms with Gasteiger partial charge in [0.2, 0.25) is 0 Å². The molecule has 1 aromatic rings. The van der Waals surface area contributed by atoms with Gasteiger partial charge in [0.1, 0.15) is 0 Å². The van der Waals surface area contributed by atoms with Crippen LogP contribution in [0.15, 0.2) is 6.07 Å². The first-order valence-corrected chi connectivity index (χ1v) is 5.17. The van der Waals surface area contributed by atoms with E-state index in [4.69, 9.17) is 10.5 Å². The van der Waals surface area contributed by atoms with E-state index in [0.29, 0.717) is 5.69 Å². The van der Waals surface area contributed by atoms with E-state index in [2.05, 4.69) is 4.98 Å². The van der Waals surface area contributed by atoms with Crippen LogP contribution in [0.3, 0.4) is 0 Å². The van der Waals surface area contributed by atoms with Crippen LogP contribution in [0.2, 0.25) is 0 Å². The van der Waals surface area contributed by atoms with Gasteiger partial charge in [0.25, 0.3) is 6.43 Å². The van der Waals surface area contributed by atoms with E-state index in [9.17, 15) is 13.6 Å². The predicted molar refractivity (Wildman–Crippen MR) is 57.8 cm³/mol. The molecule has 0 unspecified atom stereocenters. The number of rotatable bonds is 4. The van der Waals surface area contributed by atoms with Crippen LogP contribution in [0.25, 0.3) is 0 Å². The van der Waals surface area contributed by atoms with Crippen LogP contribution < -0.4 is 5.73 Å². The quantitative estimate of drug-likeness (QED) is 0.822. The fraction of sp³-hybridized carbons (Fsp3) is 0.455. The molecule has 0 aliphatic carbocycles. The van der Waals surface area contributed by atoms with E-state index >= 15 is 0 Å². The summed E-state index contributed by atoms with van der Waals surface area (Å²) in [5, 5.41) is 0. The maximum Gasteiger partial charge on any atom is 0.339 e. The van der Waals surface area contributed by atoms with Gasteiger partial charge in [-0.3, -0.25) is 4.98 Å². The monoisotopic (exact) mass is 244 g/mol. The van der Waals surface area contributed by atoms with Gasteiger partial charge in [-0.15, -0.1) is 0 Å². The molecule has 0 aliphatic rings. The van der Waals surface area contributed by atoms with Crippen LogP contribution in [0, 0.1) is 6.92 Å². The molecule has 0 atom stereocenters. The Kier molecular flexibility index (Phi) is 4.51. The van der Waals surface area contributed by atoms with Gasteiger partial charge in [0, 0.05) is 12.1 Å². The van der Waals surface area contributed by atoms with Crippen molar-refractivity contribution < 1.29 is 18.3 Å². The molecule has 94 valence electrons. The van der Waals surface area contributed by atoms with Crippen molar-refractivity contribution in [3.63, 3.8) is 0 Å². The number of nitrogens with zero attached hydrogens (tertiary/aromatic N) is 1. The molecule has 0 aliphatic heterocycles. The molecule has 1 rings (SSSR count). The first kappa shape index (κ1) is 13.5. The number of hydrogen-bond donors (Lipinski definition) is 1. The second kappa shape index (κ2) is 5.67. The van der Waals surface area contributed by atoms with Crippen LogP contribution in [-0.2, 0) is 11.3 Å². The third-order valence-electron chi connectivity index (χ3n) is 2.25. The summed E-state index contributed by atoms with van der Waals surface area (Å²) in [7, 11) is 0. The summed E-state index contributed by atoms with van der Waals surface area (Å²) >= 11 is 0. The summed E-state index contributed by atoms with van der Waals surface area (Å²) in [5.74, 6) is -0.650. The Morgan fingerprint density at radius 2 is 2.24 bits per heavy atom. The number of pyridine rings is 1. The highest BCUT2D eigenvalue weighted by Crippen LogP contribution is 2.24. The molecule has 0 spiro atoms. The van der Waals surface area contributed by atoms with E-state index in [1.54, 1.807) is 13.8 Å². The van der Waals surface area contributed by atoms with Crippen molar-refractivity contribution in [1.29, 1.82) is 0 Å². The number of carbonyl (C=O) groups is 1. The summed E-state index contributed by atoms with van der Waals surface area (Å²) in [5.41, 5.74) is 5.51. The average molecular weight is 244 g/mol. The number of aryl methyl sites for hydroxylation is 1. The Labute approximate surface area is 97.8 Å². The summed E-state index contributed by atoms with van der Waals surface area (Å²) in [4.78, 5) is 15.4. The topological polar surface area (TPSA) is 65.2 Å². The normalized spacial score (nSPS) is 10.7. The van der Waals surface area contributed by atoms with Crippen molar-refractivity contribution in [2.24, 2.45) is 5.73 Å². The summed E-state index contributed by atoms with van der Waals surface area (Å²) in [6.45, 7) is 3.29. The van der Waals surface area contributed by atoms with Gasteiger partial charge in [-0.2, -0.15) is 0 Å². The van der Waals surface area contributed by atoms with Gasteiger partial charge in [0.15, 0.2) is 0 Å². The van der Waals surface area contributed by atoms with Gasteiger partial charge < -0.3 is 10.5 Å². The lowest BCUT2D eigenvalue weighted by molar-refractivity contribution is 0.0524. The minimum atomic E-state index is -2.71. The van der Waals surface area contributed by atoms with Crippen LogP contribution in [-0.4, -0.2) is 17.6 Å². The number of esters is 1. The molecule has 0 radical (unpaired) electrons. The Morgan fingerprint density at radius 3 is 2.71 bits per heavy atom. The van der Waals surface area contributed by atoms with E-state index < -0.39 is 12.4 Å². The molecule has 1 aromatic heterocycles. The number of ether oxygens (including phenoxy) is 1. The molecule has 17 heavy (non-hydrogen) atoms. The lowest BCUT2D eigenvalue weighted by Crippen LogP contribution is -2.13. The maximum absolute atomic E-state index is 12.7. The van der Waals surface area contributed by atoms with Crippen molar-refractivity contribution >= 4 is 5.97 Å². The molecule has 1 heterocycles. The first-order chi connectivity index (χ1) is 8.01. The molecule has 6 heteroatoms. The van der Waals surface area contributed by atoms with Crippen LogP contribution in [0.1, 0.15) is 40.7 Å². The van der Waals surface area contributed by atoms with Crippen molar-refractivity contribution in [2.45, 2.75) is 26.8 Å². The minimum absolute atomic E-state index is 0.0550. The molecule has 0 bridgehead atoms. The van der Waals surface area contributed by atoms with Gasteiger partial charge >= 0.3 is 5.97 Å². The molecule has 0 amide bonds. The Bertz CT molecular complexity index is 422. The number of carbonyl (C=O) groups excluding carboxylic acids is 1. The van der Waals surface area contributed by atoms with Gasteiger partial charge in [-0.1, -0.05) is 0 Å². The number of nitrogens with two attached hydrogens (primary N) is 1. The van der Waals surface area contributed by atoms with E-state index in [-0.39, 0.29) is 30.0 Å². The zero-order chi connectivity index (χ0) is 13.0. The summed E-state index contributed by atoms with van der Waals surface area (Å²) in [6, 6.07) is 1.10. The second-order valence-electron chi connectivity index (χ2n) is 3.38. The maximum atomic E-state index is 12.7. The molecule has 4 nitrogen and oxygen atoms in total. The SMILES string of the molecule is CCOC(=O)c1cc(C(F)F)c(CN)nc1C. The Balaban J connectivity index is 3.24. The highest BCUT2D eigenvalue weighted by molar-refractivity contribution is 5.90. The van der Waals surface area contributed by atoms with Crippen molar-refractivity contribution in [1.82, 2.24) is 4.98 Å². The lowest BCUT2D eigenvalue weighted by atomic mass is 10.1. The predicted octanol–water partition coefficient (Wildman–Crippen LogP) is 1.96. The number of halogens is 2. The average Bonchev–Trinajstić information content (AvgIpc) is 2.28. The molecular weight excluding hydrogens is 230 g/mol. The minimum Gasteiger partial charge on any atom is -0.462 e. The Morgan fingerprint density at radius 1 is 1.59 bits per heavy atom. The Hall–Kier alpha value is -1.56. The van der Waals surface area contributed by atoms with Gasteiger partial charge in [-0.25, -0.2) is 13.6 Å². The number of hydrogen-bond acceptors (Lipinski definition) is 4. The summed E-state index contributed by atoms with van der Waals surface area (Å²) in [6.07, 6.45) is -2.71. The second-order valence-corrected chi connectivity index (χ2v) is 3.38. The van der Waals surface area contributed by atoms with E-state index in [1.165, 1.54) is 0 Å². The van der Waals surface area contributed by atoms with Gasteiger partial charge in [-0.05, 0) is 19.9 Å². The molecule has 0 fully saturated rings. The van der Waals surface area contributed by atoms with Crippen LogP contribution in [0.4, 0.5) is 8.78 Å². The number of aromatic nitrogens is 1. The molecule has 0 saturated carbocycles. The van der Waals surface area contributed by atoms with E-state index in [1.807, 2.05) is 0 Å². The zero-order valence-corrected chi connectivity index (χ0v) is 9.67. The molecular formula is C11H14F2N2O2. The molecule has 0 aromatic carbocycles. The fourth-order valence-electron chi connectivity index (χ4n) is 1.44. The van der Waals surface area contributed by atoms with Crippen molar-refractivity contribution in [2.75, 3.05) is 6.61 Å². The third-order valence-corrected chi connectivity index (χ3v) is 2.25. The largest absolute Gasteiger partial charge is 0.462 e. The zero-order valence-electron chi connectivity index (χ0n) is 9.67. The van der Waals surface area contributed by atoms with Gasteiger partial charge in [0.05, 0.1) is 23.6 Å². The van der Waals surface area contributed by atoms with E-state index in [0.717, 1.165) is 6.07 Å². The smallest absolute Gasteiger partial charge is 0.339 e. The van der Waals surface area contributed by atoms with Crippen molar-refractivity contribution in [3.8, 4) is 0 Å². The number of alkyl halides is 2. The summed E-state index contributed by atoms with van der Waals surface area (Å²) < 4.78 is 30.2.